The molecular weight excluding hydrogens is 825 g/mol. The summed E-state index contributed by atoms with van der Waals surface area (Å²) in [6.07, 6.45) is 1.93. The van der Waals surface area contributed by atoms with Crippen LogP contribution in [0.2, 0.25) is 0 Å². The van der Waals surface area contributed by atoms with E-state index in [-0.39, 0.29) is 0 Å². The van der Waals surface area contributed by atoms with Crippen molar-refractivity contribution < 1.29 is 0 Å². The van der Waals surface area contributed by atoms with E-state index in [2.05, 4.69) is 224 Å². The number of benzene rings is 11. The molecule has 0 aliphatic heterocycles. The van der Waals surface area contributed by atoms with E-state index >= 15 is 0 Å². The Morgan fingerprint density at radius 2 is 0.662 bits per heavy atom. The first-order chi connectivity index (χ1) is 33.7. The lowest BCUT2D eigenvalue weighted by Crippen LogP contribution is -1.98. The lowest BCUT2D eigenvalue weighted by atomic mass is 9.91. The molecule has 11 aromatic carbocycles. The summed E-state index contributed by atoms with van der Waals surface area (Å²) in [7, 11) is 0. The van der Waals surface area contributed by atoms with Crippen LogP contribution in [-0.2, 0) is 0 Å². The highest BCUT2D eigenvalue weighted by atomic mass is 14.9. The number of hydrogen-bond donors (Lipinski definition) is 0. The third kappa shape index (κ3) is 6.95. The topological polar surface area (TPSA) is 51.6 Å². The summed E-state index contributed by atoms with van der Waals surface area (Å²) in [6, 6.07) is 83.8. The van der Waals surface area contributed by atoms with Crippen LogP contribution >= 0.6 is 0 Å². The lowest BCUT2D eigenvalue weighted by Gasteiger charge is -2.16. The van der Waals surface area contributed by atoms with E-state index in [0.29, 0.717) is 5.82 Å². The van der Waals surface area contributed by atoms with Gasteiger partial charge >= 0.3 is 0 Å². The van der Waals surface area contributed by atoms with E-state index < -0.39 is 0 Å². The molecule has 0 radical (unpaired) electrons. The molecule has 0 aliphatic carbocycles. The zero-order chi connectivity index (χ0) is 45.0. The predicted octanol–water partition coefficient (Wildman–Crippen LogP) is 16.7. The van der Waals surface area contributed by atoms with Crippen molar-refractivity contribution in [3.63, 3.8) is 0 Å². The zero-order valence-electron chi connectivity index (χ0n) is 36.9. The van der Waals surface area contributed by atoms with E-state index in [1.54, 1.807) is 0 Å². The molecule has 316 valence electrons. The van der Waals surface area contributed by atoms with Crippen molar-refractivity contribution in [1.29, 1.82) is 0 Å². The number of aromatic nitrogens is 4. The van der Waals surface area contributed by atoms with Gasteiger partial charge in [0.1, 0.15) is 0 Å². The Kier molecular flexibility index (Phi) is 9.47. The summed E-state index contributed by atoms with van der Waals surface area (Å²) in [6.45, 7) is 0. The molecule has 4 nitrogen and oxygen atoms in total. The van der Waals surface area contributed by atoms with Gasteiger partial charge in [0, 0.05) is 33.0 Å². The highest BCUT2D eigenvalue weighted by Crippen LogP contribution is 2.41. The zero-order valence-corrected chi connectivity index (χ0v) is 36.9. The second-order valence-corrected chi connectivity index (χ2v) is 17.4. The van der Waals surface area contributed by atoms with Gasteiger partial charge in [-0.2, -0.15) is 0 Å². The summed E-state index contributed by atoms with van der Waals surface area (Å²) in [5, 5.41) is 9.26. The van der Waals surface area contributed by atoms with Gasteiger partial charge in [-0.05, 0) is 96.0 Å². The van der Waals surface area contributed by atoms with Crippen molar-refractivity contribution in [1.82, 2.24) is 19.9 Å². The molecule has 0 bridgehead atoms. The van der Waals surface area contributed by atoms with Gasteiger partial charge in [0.05, 0.1) is 34.3 Å². The van der Waals surface area contributed by atoms with Gasteiger partial charge in [-0.25, -0.2) is 15.0 Å². The third-order valence-corrected chi connectivity index (χ3v) is 13.3. The first kappa shape index (κ1) is 39.3. The maximum atomic E-state index is 5.50. The Hall–Kier alpha value is -9.12. The average Bonchev–Trinajstić information content (AvgIpc) is 3.43. The fraction of sp³-hybridized carbons (Fsp3) is 0. The minimum Gasteiger partial charge on any atom is -0.252 e. The van der Waals surface area contributed by atoms with Gasteiger partial charge in [0.15, 0.2) is 5.82 Å². The van der Waals surface area contributed by atoms with Crippen molar-refractivity contribution in [2.45, 2.75) is 0 Å². The van der Waals surface area contributed by atoms with E-state index in [9.17, 15) is 0 Å². The molecule has 0 amide bonds. The Bertz CT molecular complexity index is 3920. The van der Waals surface area contributed by atoms with E-state index in [1.165, 1.54) is 38.1 Å². The molecule has 0 aliphatic rings. The Morgan fingerprint density at radius 3 is 1.25 bits per heavy atom. The Balaban J connectivity index is 1.05. The first-order valence-electron chi connectivity index (χ1n) is 23.0. The average molecular weight is 865 g/mol. The Morgan fingerprint density at radius 1 is 0.235 bits per heavy atom. The van der Waals surface area contributed by atoms with Gasteiger partial charge in [-0.1, -0.05) is 206 Å². The van der Waals surface area contributed by atoms with E-state index in [0.717, 1.165) is 88.8 Å². The molecule has 0 fully saturated rings. The summed E-state index contributed by atoms with van der Waals surface area (Å²) in [5.41, 5.74) is 14.8. The van der Waals surface area contributed by atoms with Crippen LogP contribution in [0.5, 0.6) is 0 Å². The molecule has 0 N–H and O–H groups in total. The lowest BCUT2D eigenvalue weighted by molar-refractivity contribution is 1.18. The van der Waals surface area contributed by atoms with Crippen molar-refractivity contribution in [2.24, 2.45) is 0 Å². The van der Waals surface area contributed by atoms with Crippen LogP contribution in [0.15, 0.2) is 243 Å². The molecular formula is C64H40N4. The van der Waals surface area contributed by atoms with Crippen molar-refractivity contribution in [3.05, 3.63) is 243 Å². The smallest absolute Gasteiger partial charge is 0.160 e. The molecule has 13 aromatic rings. The summed E-state index contributed by atoms with van der Waals surface area (Å²) >= 11 is 0. The Labute approximate surface area is 393 Å². The predicted molar refractivity (Wildman–Crippen MR) is 283 cm³/mol. The molecule has 0 spiro atoms. The van der Waals surface area contributed by atoms with Gasteiger partial charge in [-0.15, -0.1) is 0 Å². The van der Waals surface area contributed by atoms with Crippen molar-refractivity contribution in [2.75, 3.05) is 0 Å². The largest absolute Gasteiger partial charge is 0.252 e. The maximum Gasteiger partial charge on any atom is 0.160 e. The highest BCUT2D eigenvalue weighted by molar-refractivity contribution is 6.23. The third-order valence-electron chi connectivity index (χ3n) is 13.3. The molecule has 68 heavy (non-hydrogen) atoms. The van der Waals surface area contributed by atoms with Crippen molar-refractivity contribution >= 4 is 54.1 Å². The van der Waals surface area contributed by atoms with Gasteiger partial charge < -0.3 is 0 Å². The molecule has 13 rings (SSSR count). The molecule has 0 saturated carbocycles. The van der Waals surface area contributed by atoms with Crippen LogP contribution in [0, 0.1) is 0 Å². The summed E-state index contributed by atoms with van der Waals surface area (Å²) in [5.74, 6) is 0.621. The van der Waals surface area contributed by atoms with Gasteiger partial charge in [0.2, 0.25) is 0 Å². The number of fused-ring (bicyclic) bond motifs is 9. The van der Waals surface area contributed by atoms with Crippen LogP contribution in [0.3, 0.4) is 0 Å². The molecule has 2 heterocycles. The van der Waals surface area contributed by atoms with Crippen molar-refractivity contribution in [3.8, 4) is 78.5 Å². The maximum absolute atomic E-state index is 5.50. The molecule has 0 atom stereocenters. The van der Waals surface area contributed by atoms with E-state index in [1.807, 2.05) is 18.3 Å². The van der Waals surface area contributed by atoms with E-state index in [4.69, 9.17) is 19.9 Å². The number of rotatable bonds is 7. The normalized spacial score (nSPS) is 11.5. The number of nitrogens with zero attached hydrogens (tertiary/aromatic N) is 4. The molecule has 0 saturated heterocycles. The second kappa shape index (κ2) is 16.4. The first-order valence-corrected chi connectivity index (χ1v) is 23.0. The minimum atomic E-state index is 0.621. The van der Waals surface area contributed by atoms with Gasteiger partial charge in [0.25, 0.3) is 0 Å². The van der Waals surface area contributed by atoms with Crippen LogP contribution in [0.1, 0.15) is 0 Å². The van der Waals surface area contributed by atoms with Gasteiger partial charge in [-0.3, -0.25) is 4.98 Å². The monoisotopic (exact) mass is 864 g/mol. The van der Waals surface area contributed by atoms with Crippen LogP contribution in [0.25, 0.3) is 133 Å². The summed E-state index contributed by atoms with van der Waals surface area (Å²) in [4.78, 5) is 21.6. The number of hydrogen-bond acceptors (Lipinski definition) is 4. The summed E-state index contributed by atoms with van der Waals surface area (Å²) < 4.78 is 0. The minimum absolute atomic E-state index is 0.621. The fourth-order valence-electron chi connectivity index (χ4n) is 9.92. The standard InChI is InChI=1S/C64H40N4/c1-3-15-41(16-4-1)43-27-31-45(32-28-43)59-39-60(46-33-29-44(30-34-46)42-17-5-2-6-18-42)68-64(67-59)50-36-48(58-38-47-19-7-8-20-51(47)52-21-9-10-24-55(52)58)35-49(37-50)61-40-65-62-56-25-13-11-22-53(56)54-23-12-14-26-57(54)63(62)66-61/h1-40H. The SMILES string of the molecule is c1ccc(-c2ccc(-c3cc(-c4ccc(-c5ccccc5)cc4)nc(-c4cc(-c5cnc6c7ccccc7c7ccccc7c6n5)cc(-c5cc6ccccc6c6ccccc56)c4)n3)cc2)cc1. The van der Waals surface area contributed by atoms with Crippen LogP contribution in [-0.4, -0.2) is 19.9 Å². The van der Waals surface area contributed by atoms with Crippen LogP contribution < -0.4 is 0 Å². The highest BCUT2D eigenvalue weighted by Gasteiger charge is 2.18. The molecule has 4 heteroatoms. The molecule has 0 unspecified atom stereocenters. The molecule has 2 aromatic heterocycles. The fourth-order valence-corrected chi connectivity index (χ4v) is 9.92. The quantitative estimate of drug-likeness (QED) is 0.150. The second-order valence-electron chi connectivity index (χ2n) is 17.4. The van der Waals surface area contributed by atoms with Crippen LogP contribution in [0.4, 0.5) is 0 Å².